The highest BCUT2D eigenvalue weighted by Gasteiger charge is 2.30. The fourth-order valence-corrected chi connectivity index (χ4v) is 2.47. The van der Waals surface area contributed by atoms with E-state index in [2.05, 4.69) is 5.32 Å². The number of aromatic hydroxyl groups is 1. The molecule has 108 valence electrons. The van der Waals surface area contributed by atoms with Gasteiger partial charge in [0.15, 0.2) is 0 Å². The first-order valence-electron chi connectivity index (χ1n) is 6.93. The zero-order chi connectivity index (χ0) is 14.5. The highest BCUT2D eigenvalue weighted by atomic mass is 16.3. The monoisotopic (exact) mass is 276 g/mol. The maximum Gasteiger partial charge on any atom is 0.227 e. The van der Waals surface area contributed by atoms with Crippen LogP contribution in [0.4, 0.5) is 0 Å². The number of phenols is 1. The van der Waals surface area contributed by atoms with E-state index in [1.807, 2.05) is 13.0 Å². The van der Waals surface area contributed by atoms with Crippen LogP contribution >= 0.6 is 0 Å². The summed E-state index contributed by atoms with van der Waals surface area (Å²) in [4.78, 5) is 25.6. The van der Waals surface area contributed by atoms with Gasteiger partial charge in [0.05, 0.1) is 12.3 Å². The molecule has 5 nitrogen and oxygen atoms in total. The van der Waals surface area contributed by atoms with Crippen LogP contribution in [0, 0.1) is 5.92 Å². The SMILES string of the molecule is CCNC(=O)[C@@H]1CCN(C(=O)Cc2cccc(O)c2)C1. The number of amides is 2. The Hall–Kier alpha value is -2.04. The molecule has 0 unspecified atom stereocenters. The van der Waals surface area contributed by atoms with Gasteiger partial charge in [0.1, 0.15) is 5.75 Å². The third-order valence-electron chi connectivity index (χ3n) is 3.53. The molecule has 20 heavy (non-hydrogen) atoms. The van der Waals surface area contributed by atoms with E-state index in [1.54, 1.807) is 23.1 Å². The van der Waals surface area contributed by atoms with Gasteiger partial charge in [-0.1, -0.05) is 12.1 Å². The molecule has 1 fully saturated rings. The minimum absolute atomic E-state index is 0.00222. The van der Waals surface area contributed by atoms with Crippen LogP contribution in [0.25, 0.3) is 0 Å². The van der Waals surface area contributed by atoms with Crippen molar-refractivity contribution in [2.75, 3.05) is 19.6 Å². The first-order chi connectivity index (χ1) is 9.60. The normalized spacial score (nSPS) is 18.1. The van der Waals surface area contributed by atoms with E-state index in [1.165, 1.54) is 0 Å². The Labute approximate surface area is 118 Å². The van der Waals surface area contributed by atoms with Crippen molar-refractivity contribution in [3.63, 3.8) is 0 Å². The lowest BCUT2D eigenvalue weighted by molar-refractivity contribution is -0.130. The second kappa shape index (κ2) is 6.41. The summed E-state index contributed by atoms with van der Waals surface area (Å²) < 4.78 is 0. The molecule has 0 aliphatic carbocycles. The topological polar surface area (TPSA) is 69.6 Å². The summed E-state index contributed by atoms with van der Waals surface area (Å²) in [5.74, 6) is 0.0996. The minimum Gasteiger partial charge on any atom is -0.508 e. The van der Waals surface area contributed by atoms with Crippen molar-refractivity contribution in [2.45, 2.75) is 19.8 Å². The molecule has 1 aliphatic rings. The quantitative estimate of drug-likeness (QED) is 0.859. The fraction of sp³-hybridized carbons (Fsp3) is 0.467. The summed E-state index contributed by atoms with van der Waals surface area (Å²) in [6.45, 7) is 3.62. The van der Waals surface area contributed by atoms with Crippen LogP contribution in [0.2, 0.25) is 0 Å². The van der Waals surface area contributed by atoms with Gasteiger partial charge in [-0.3, -0.25) is 9.59 Å². The Morgan fingerprint density at radius 1 is 1.45 bits per heavy atom. The Bertz CT molecular complexity index is 502. The van der Waals surface area contributed by atoms with Crippen LogP contribution < -0.4 is 5.32 Å². The summed E-state index contributed by atoms with van der Waals surface area (Å²) in [6, 6.07) is 6.71. The third kappa shape index (κ3) is 3.50. The predicted molar refractivity (Wildman–Crippen MR) is 75.2 cm³/mol. The number of hydrogen-bond donors (Lipinski definition) is 2. The van der Waals surface area contributed by atoms with Crippen LogP contribution in [0.3, 0.4) is 0 Å². The number of rotatable bonds is 4. The maximum absolute atomic E-state index is 12.2. The van der Waals surface area contributed by atoms with E-state index in [0.29, 0.717) is 19.6 Å². The summed E-state index contributed by atoms with van der Waals surface area (Å²) in [6.07, 6.45) is 0.980. The largest absolute Gasteiger partial charge is 0.508 e. The number of nitrogens with zero attached hydrogens (tertiary/aromatic N) is 1. The van der Waals surface area contributed by atoms with Crippen molar-refractivity contribution in [1.29, 1.82) is 0 Å². The van der Waals surface area contributed by atoms with Crippen LogP contribution in [0.1, 0.15) is 18.9 Å². The minimum atomic E-state index is -0.0944. The number of benzene rings is 1. The Kier molecular flexibility index (Phi) is 4.61. The average Bonchev–Trinajstić information content (AvgIpc) is 2.88. The maximum atomic E-state index is 12.2. The first kappa shape index (κ1) is 14.4. The van der Waals surface area contributed by atoms with Crippen LogP contribution in [0.15, 0.2) is 24.3 Å². The van der Waals surface area contributed by atoms with E-state index in [4.69, 9.17) is 0 Å². The number of phenolic OH excluding ortho intramolecular Hbond substituents is 1. The molecule has 2 N–H and O–H groups in total. The van der Waals surface area contributed by atoms with Gasteiger partial charge in [0.25, 0.3) is 0 Å². The van der Waals surface area contributed by atoms with Gasteiger partial charge in [-0.2, -0.15) is 0 Å². The zero-order valence-corrected chi connectivity index (χ0v) is 11.6. The van der Waals surface area contributed by atoms with Crippen molar-refractivity contribution in [3.8, 4) is 5.75 Å². The Balaban J connectivity index is 1.90. The number of nitrogens with one attached hydrogen (secondary N) is 1. The summed E-state index contributed by atoms with van der Waals surface area (Å²) >= 11 is 0. The molecule has 0 spiro atoms. The Morgan fingerprint density at radius 2 is 2.25 bits per heavy atom. The van der Waals surface area contributed by atoms with Crippen LogP contribution in [-0.2, 0) is 16.0 Å². The van der Waals surface area contributed by atoms with Crippen molar-refractivity contribution >= 4 is 11.8 Å². The molecule has 0 bridgehead atoms. The highest BCUT2D eigenvalue weighted by molar-refractivity contribution is 5.83. The van der Waals surface area contributed by atoms with E-state index >= 15 is 0 Å². The van der Waals surface area contributed by atoms with Crippen LogP contribution in [-0.4, -0.2) is 41.5 Å². The van der Waals surface area contributed by atoms with Crippen LogP contribution in [0.5, 0.6) is 5.75 Å². The van der Waals surface area contributed by atoms with Crippen molar-refractivity contribution < 1.29 is 14.7 Å². The smallest absolute Gasteiger partial charge is 0.227 e. The first-order valence-corrected chi connectivity index (χ1v) is 6.93. The molecule has 1 saturated heterocycles. The Morgan fingerprint density at radius 3 is 2.95 bits per heavy atom. The van der Waals surface area contributed by atoms with Gasteiger partial charge >= 0.3 is 0 Å². The number of likely N-dealkylation sites (tertiary alicyclic amines) is 1. The highest BCUT2D eigenvalue weighted by Crippen LogP contribution is 2.18. The van der Waals surface area contributed by atoms with Gasteiger partial charge in [-0.05, 0) is 31.0 Å². The molecule has 1 aromatic carbocycles. The van der Waals surface area contributed by atoms with E-state index in [9.17, 15) is 14.7 Å². The third-order valence-corrected chi connectivity index (χ3v) is 3.53. The number of hydrogen-bond acceptors (Lipinski definition) is 3. The molecule has 1 atom stereocenters. The van der Waals surface area contributed by atoms with E-state index in [-0.39, 0.29) is 29.9 Å². The molecule has 5 heteroatoms. The lowest BCUT2D eigenvalue weighted by Crippen LogP contribution is -2.35. The van der Waals surface area contributed by atoms with Gasteiger partial charge in [-0.25, -0.2) is 0 Å². The molecule has 1 aliphatic heterocycles. The fourth-order valence-electron chi connectivity index (χ4n) is 2.47. The second-order valence-corrected chi connectivity index (χ2v) is 5.07. The number of carbonyl (C=O) groups is 2. The van der Waals surface area contributed by atoms with Crippen molar-refractivity contribution in [1.82, 2.24) is 10.2 Å². The predicted octanol–water partition coefficient (Wildman–Crippen LogP) is 0.919. The van der Waals surface area contributed by atoms with Gasteiger partial charge in [0.2, 0.25) is 11.8 Å². The lowest BCUT2D eigenvalue weighted by Gasteiger charge is -2.16. The lowest BCUT2D eigenvalue weighted by atomic mass is 10.1. The molecular formula is C15H20N2O3. The van der Waals surface area contributed by atoms with Crippen molar-refractivity contribution in [3.05, 3.63) is 29.8 Å². The van der Waals surface area contributed by atoms with E-state index in [0.717, 1.165) is 12.0 Å². The number of carbonyl (C=O) groups excluding carboxylic acids is 2. The zero-order valence-electron chi connectivity index (χ0n) is 11.6. The van der Waals surface area contributed by atoms with Crippen molar-refractivity contribution in [2.24, 2.45) is 5.92 Å². The molecule has 0 aromatic heterocycles. The molecule has 0 saturated carbocycles. The summed E-state index contributed by atoms with van der Waals surface area (Å²) in [7, 11) is 0. The second-order valence-electron chi connectivity index (χ2n) is 5.07. The molecule has 0 radical (unpaired) electrons. The molecule has 1 heterocycles. The molecule has 2 rings (SSSR count). The standard InChI is InChI=1S/C15H20N2O3/c1-2-16-15(20)12-6-7-17(10-12)14(19)9-11-4-3-5-13(18)8-11/h3-5,8,12,18H,2,6-7,9-10H2,1H3,(H,16,20)/t12-/m1/s1. The molecule has 1 aromatic rings. The summed E-state index contributed by atoms with van der Waals surface area (Å²) in [5, 5.41) is 12.2. The van der Waals surface area contributed by atoms with E-state index < -0.39 is 0 Å². The summed E-state index contributed by atoms with van der Waals surface area (Å²) in [5.41, 5.74) is 0.788. The van der Waals surface area contributed by atoms with Gasteiger partial charge in [0, 0.05) is 19.6 Å². The molecular weight excluding hydrogens is 256 g/mol. The average molecular weight is 276 g/mol. The molecule has 2 amide bonds. The van der Waals surface area contributed by atoms with Gasteiger partial charge in [-0.15, -0.1) is 0 Å². The van der Waals surface area contributed by atoms with Gasteiger partial charge < -0.3 is 15.3 Å².